The normalized spacial score (nSPS) is 14.4. The Morgan fingerprint density at radius 1 is 0.525 bits per heavy atom. The molecule has 3 N–H and O–H groups in total. The molecule has 2 unspecified atom stereocenters. The molecule has 0 saturated heterocycles. The molecule has 244 valence electrons. The van der Waals surface area contributed by atoms with E-state index in [1.54, 1.807) is 0 Å². The number of quaternary nitrogens is 1. The van der Waals surface area contributed by atoms with Gasteiger partial charge in [0.05, 0.1) is 19.8 Å². The van der Waals surface area contributed by atoms with Crippen LogP contribution in [0.1, 0.15) is 189 Å². The lowest BCUT2D eigenvalue weighted by Crippen LogP contribution is -2.50. The number of phosphoric ester groups is 1. The molecular formula is C34H74NO4P. The molecule has 0 aromatic carbocycles. The summed E-state index contributed by atoms with van der Waals surface area (Å²) in [7, 11) is -4.14. The smallest absolute Gasteiger partial charge is 0.267 e. The van der Waals surface area contributed by atoms with Crippen LogP contribution in [0.3, 0.4) is 0 Å². The monoisotopic (exact) mass is 592 g/mol. The van der Waals surface area contributed by atoms with Gasteiger partial charge >= 0.3 is 0 Å². The quantitative estimate of drug-likeness (QED) is 0.0665. The fourth-order valence-corrected chi connectivity index (χ4v) is 5.81. The standard InChI is InChI=1S/C18H39N.C16H35O4P/c1-2-3-4-5-6-7-8-9-10-11-12-13-14-15-16-17-18-19;1-5-9-11-15(7-3)13-19-21(17,18)20-14-16(8-4)12-10-6-2/h2-19H2,1H3;15-16H,5-14H2,1-4H3,(H,17,18). The lowest BCUT2D eigenvalue weighted by Gasteiger charge is -2.27. The highest BCUT2D eigenvalue weighted by atomic mass is 31.2. The Bertz CT molecular complexity index is 480. The zero-order valence-corrected chi connectivity index (χ0v) is 28.9. The highest BCUT2D eigenvalue weighted by molar-refractivity contribution is 7.45. The van der Waals surface area contributed by atoms with E-state index in [4.69, 9.17) is 9.05 Å². The summed E-state index contributed by atoms with van der Waals surface area (Å²) in [5.74, 6) is 0.607. The Morgan fingerprint density at radius 2 is 0.825 bits per heavy atom. The van der Waals surface area contributed by atoms with Crippen LogP contribution in [0.2, 0.25) is 0 Å². The Hall–Kier alpha value is 0.0700. The molecule has 0 aliphatic carbocycles. The molecule has 5 nitrogen and oxygen atoms in total. The maximum absolute atomic E-state index is 11.8. The number of unbranched alkanes of at least 4 members (excludes halogenated alkanes) is 17. The van der Waals surface area contributed by atoms with Crippen molar-refractivity contribution < 1.29 is 24.2 Å². The van der Waals surface area contributed by atoms with Crippen molar-refractivity contribution in [2.75, 3.05) is 19.8 Å². The second kappa shape index (κ2) is 33.6. The molecule has 0 aromatic heterocycles. The van der Waals surface area contributed by atoms with Gasteiger partial charge in [0, 0.05) is 0 Å². The molecule has 0 radical (unpaired) electrons. The first-order chi connectivity index (χ1) is 19.4. The van der Waals surface area contributed by atoms with Crippen molar-refractivity contribution in [3.8, 4) is 0 Å². The maximum Gasteiger partial charge on any atom is 0.267 e. The zero-order chi connectivity index (χ0) is 30.2. The first-order valence-electron chi connectivity index (χ1n) is 17.8. The second-order valence-corrected chi connectivity index (χ2v) is 13.4. The van der Waals surface area contributed by atoms with E-state index in [9.17, 15) is 9.46 Å². The summed E-state index contributed by atoms with van der Waals surface area (Å²) in [5, 5.41) is 0. The minimum absolute atomic E-state index is 0.253. The van der Waals surface area contributed by atoms with Gasteiger partial charge < -0.3 is 19.7 Å². The van der Waals surface area contributed by atoms with Gasteiger partial charge in [-0.3, -0.25) is 4.57 Å². The Labute approximate surface area is 252 Å². The van der Waals surface area contributed by atoms with E-state index in [0.717, 1.165) is 57.9 Å². The molecule has 0 aromatic rings. The van der Waals surface area contributed by atoms with E-state index in [0.29, 0.717) is 11.8 Å². The molecular weight excluding hydrogens is 517 g/mol. The average Bonchev–Trinajstić information content (AvgIpc) is 2.95. The highest BCUT2D eigenvalue weighted by Gasteiger charge is 2.16. The van der Waals surface area contributed by atoms with Crippen molar-refractivity contribution >= 4 is 7.82 Å². The number of hydrogen-bond acceptors (Lipinski definition) is 4. The van der Waals surface area contributed by atoms with Gasteiger partial charge in [0.2, 0.25) is 0 Å². The van der Waals surface area contributed by atoms with Crippen LogP contribution in [0.25, 0.3) is 0 Å². The lowest BCUT2D eigenvalue weighted by molar-refractivity contribution is -0.368. The van der Waals surface area contributed by atoms with Gasteiger partial charge in [-0.2, -0.15) is 0 Å². The lowest BCUT2D eigenvalue weighted by atomic mass is 10.0. The number of hydrogen-bond donors (Lipinski definition) is 1. The first-order valence-corrected chi connectivity index (χ1v) is 19.3. The van der Waals surface area contributed by atoms with E-state index in [2.05, 4.69) is 40.4 Å². The Kier molecular flexibility index (Phi) is 35.4. The maximum atomic E-state index is 11.8. The Balaban J connectivity index is 0. The van der Waals surface area contributed by atoms with Crippen molar-refractivity contribution in [3.63, 3.8) is 0 Å². The summed E-state index contributed by atoms with van der Waals surface area (Å²) in [6.45, 7) is 12.3. The summed E-state index contributed by atoms with van der Waals surface area (Å²) in [5.41, 5.74) is 3.89. The van der Waals surface area contributed by atoms with Crippen LogP contribution >= 0.6 is 7.82 Å². The molecule has 0 spiro atoms. The molecule has 6 heteroatoms. The van der Waals surface area contributed by atoms with Gasteiger partial charge in [-0.1, -0.05) is 163 Å². The minimum Gasteiger partial charge on any atom is -0.756 e. The van der Waals surface area contributed by atoms with Gasteiger partial charge in [0.25, 0.3) is 7.82 Å². The first kappa shape index (κ1) is 42.2. The highest BCUT2D eigenvalue weighted by Crippen LogP contribution is 2.40. The van der Waals surface area contributed by atoms with Crippen LogP contribution < -0.4 is 10.6 Å². The predicted molar refractivity (Wildman–Crippen MR) is 173 cm³/mol. The number of rotatable bonds is 30. The summed E-state index contributed by atoms with van der Waals surface area (Å²) in [6.07, 6.45) is 31.6. The largest absolute Gasteiger partial charge is 0.756 e. The molecule has 0 amide bonds. The predicted octanol–water partition coefficient (Wildman–Crippen LogP) is 10.4. The molecule has 0 bridgehead atoms. The Morgan fingerprint density at radius 3 is 1.10 bits per heavy atom. The van der Waals surface area contributed by atoms with E-state index in [1.165, 1.54) is 103 Å². The SMILES string of the molecule is CCCCC(CC)COP(=O)([O-])OCC(CC)CCCC.CCCCCCCCCCCCCCCCCC[NH3+]. The van der Waals surface area contributed by atoms with Crippen LogP contribution in [0.5, 0.6) is 0 Å². The van der Waals surface area contributed by atoms with E-state index < -0.39 is 7.82 Å². The van der Waals surface area contributed by atoms with Crippen molar-refractivity contribution in [3.05, 3.63) is 0 Å². The van der Waals surface area contributed by atoms with Crippen LogP contribution in [-0.4, -0.2) is 19.8 Å². The van der Waals surface area contributed by atoms with Crippen molar-refractivity contribution in [1.82, 2.24) is 0 Å². The van der Waals surface area contributed by atoms with Gasteiger partial charge in [-0.25, -0.2) is 0 Å². The molecule has 0 saturated carbocycles. The van der Waals surface area contributed by atoms with Gasteiger partial charge in [0.15, 0.2) is 0 Å². The molecule has 40 heavy (non-hydrogen) atoms. The van der Waals surface area contributed by atoms with Gasteiger partial charge in [-0.15, -0.1) is 0 Å². The van der Waals surface area contributed by atoms with Crippen LogP contribution in [-0.2, 0) is 13.6 Å². The fourth-order valence-electron chi connectivity index (χ4n) is 4.95. The van der Waals surface area contributed by atoms with Gasteiger partial charge in [0.1, 0.15) is 0 Å². The third-order valence-corrected chi connectivity index (χ3v) is 9.06. The summed E-state index contributed by atoms with van der Waals surface area (Å²) in [4.78, 5) is 11.8. The average molecular weight is 592 g/mol. The van der Waals surface area contributed by atoms with Crippen molar-refractivity contribution in [2.24, 2.45) is 11.8 Å². The molecule has 0 rings (SSSR count). The molecule has 0 aliphatic rings. The molecule has 0 heterocycles. The van der Waals surface area contributed by atoms with E-state index in [-0.39, 0.29) is 13.2 Å². The van der Waals surface area contributed by atoms with Crippen LogP contribution in [0.15, 0.2) is 0 Å². The zero-order valence-electron chi connectivity index (χ0n) is 28.0. The summed E-state index contributed by atoms with van der Waals surface area (Å²) < 4.78 is 21.9. The third-order valence-electron chi connectivity index (χ3n) is 8.13. The molecule has 0 aliphatic heterocycles. The summed E-state index contributed by atoms with van der Waals surface area (Å²) in [6, 6.07) is 0. The third kappa shape index (κ3) is 32.6. The van der Waals surface area contributed by atoms with E-state index in [1.807, 2.05) is 0 Å². The van der Waals surface area contributed by atoms with Crippen molar-refractivity contribution in [2.45, 2.75) is 189 Å². The van der Waals surface area contributed by atoms with E-state index >= 15 is 0 Å². The minimum atomic E-state index is -4.14. The summed E-state index contributed by atoms with van der Waals surface area (Å²) >= 11 is 0. The number of phosphoric acid groups is 1. The van der Waals surface area contributed by atoms with Crippen LogP contribution in [0.4, 0.5) is 0 Å². The molecule has 2 atom stereocenters. The van der Waals surface area contributed by atoms with Gasteiger partial charge in [-0.05, 0) is 37.5 Å². The van der Waals surface area contributed by atoms with Crippen LogP contribution in [0, 0.1) is 11.8 Å². The van der Waals surface area contributed by atoms with Crippen molar-refractivity contribution in [1.29, 1.82) is 0 Å². The topological polar surface area (TPSA) is 86.2 Å². The molecule has 0 fully saturated rings. The second-order valence-electron chi connectivity index (χ2n) is 12.0. The fraction of sp³-hybridized carbons (Fsp3) is 1.00.